The molecule has 1 fully saturated rings. The van der Waals surface area contributed by atoms with Crippen molar-refractivity contribution in [3.05, 3.63) is 35.9 Å². The van der Waals surface area contributed by atoms with E-state index in [0.29, 0.717) is 33.4 Å². The lowest BCUT2D eigenvalue weighted by molar-refractivity contribution is -0.123. The molecule has 1 aromatic carbocycles. The SMILES string of the molecule is C=CCc1cc(/C=N\N2C(=O)CSC2=S)cc(OC)c1O. The molecule has 1 amide bonds. The van der Waals surface area contributed by atoms with Crippen LogP contribution in [0.1, 0.15) is 11.1 Å². The predicted octanol–water partition coefficient (Wildman–Crippen LogP) is 2.32. The highest BCUT2D eigenvalue weighted by Crippen LogP contribution is 2.31. The van der Waals surface area contributed by atoms with Gasteiger partial charge in [0, 0.05) is 5.56 Å². The van der Waals surface area contributed by atoms with Crippen LogP contribution in [0.25, 0.3) is 0 Å². The van der Waals surface area contributed by atoms with Crippen molar-refractivity contribution in [2.75, 3.05) is 12.9 Å². The van der Waals surface area contributed by atoms with Crippen LogP contribution in [-0.4, -0.2) is 39.4 Å². The van der Waals surface area contributed by atoms with E-state index in [9.17, 15) is 9.90 Å². The van der Waals surface area contributed by atoms with E-state index in [1.807, 2.05) is 0 Å². The Balaban J connectivity index is 2.31. The molecule has 0 radical (unpaired) electrons. The summed E-state index contributed by atoms with van der Waals surface area (Å²) in [6, 6.07) is 3.40. The van der Waals surface area contributed by atoms with E-state index in [-0.39, 0.29) is 11.7 Å². The number of amides is 1. The molecule has 1 aliphatic rings. The van der Waals surface area contributed by atoms with Crippen molar-refractivity contribution in [3.63, 3.8) is 0 Å². The van der Waals surface area contributed by atoms with Crippen LogP contribution in [0.4, 0.5) is 0 Å². The van der Waals surface area contributed by atoms with Crippen molar-refractivity contribution >= 4 is 40.4 Å². The van der Waals surface area contributed by atoms with Crippen LogP contribution in [0.3, 0.4) is 0 Å². The summed E-state index contributed by atoms with van der Waals surface area (Å²) in [4.78, 5) is 11.6. The Labute approximate surface area is 132 Å². The van der Waals surface area contributed by atoms with E-state index in [2.05, 4.69) is 11.7 Å². The zero-order chi connectivity index (χ0) is 15.4. The lowest BCUT2D eigenvalue weighted by Gasteiger charge is -2.10. The van der Waals surface area contributed by atoms with Gasteiger partial charge in [0.25, 0.3) is 5.91 Å². The molecule has 0 aliphatic carbocycles. The standard InChI is InChI=1S/C14H14N2O3S2/c1-3-4-10-5-9(6-11(19-2)13(10)18)7-15-16-12(17)8-21-14(16)20/h3,5-7,18H,1,4,8H2,2H3/b15-7-. The molecule has 5 nitrogen and oxygen atoms in total. The number of hydrazone groups is 1. The number of nitrogens with zero attached hydrogens (tertiary/aromatic N) is 2. The van der Waals surface area contributed by atoms with E-state index >= 15 is 0 Å². The normalized spacial score (nSPS) is 15.0. The van der Waals surface area contributed by atoms with Crippen LogP contribution < -0.4 is 4.74 Å². The molecule has 1 N–H and O–H groups in total. The van der Waals surface area contributed by atoms with Gasteiger partial charge in [-0.15, -0.1) is 6.58 Å². The molecule has 21 heavy (non-hydrogen) atoms. The van der Waals surface area contributed by atoms with Crippen molar-refractivity contribution in [1.29, 1.82) is 0 Å². The highest BCUT2D eigenvalue weighted by atomic mass is 32.2. The number of thioether (sulfide) groups is 1. The van der Waals surface area contributed by atoms with Crippen LogP contribution >= 0.6 is 24.0 Å². The molecule has 1 aromatic rings. The second-order valence-electron chi connectivity index (χ2n) is 4.23. The van der Waals surface area contributed by atoms with Crippen LogP contribution in [0.2, 0.25) is 0 Å². The van der Waals surface area contributed by atoms with Crippen molar-refractivity contribution in [2.24, 2.45) is 5.10 Å². The van der Waals surface area contributed by atoms with Gasteiger partial charge in [0.1, 0.15) is 0 Å². The van der Waals surface area contributed by atoms with Gasteiger partial charge in [-0.05, 0) is 24.1 Å². The summed E-state index contributed by atoms with van der Waals surface area (Å²) in [6.07, 6.45) is 3.70. The van der Waals surface area contributed by atoms with Gasteiger partial charge in [0.2, 0.25) is 0 Å². The third kappa shape index (κ3) is 3.43. The Kier molecular flexibility index (Phi) is 4.98. The molecular formula is C14H14N2O3S2. The van der Waals surface area contributed by atoms with Crippen molar-refractivity contribution in [1.82, 2.24) is 5.01 Å². The van der Waals surface area contributed by atoms with E-state index in [4.69, 9.17) is 17.0 Å². The molecule has 0 bridgehead atoms. The van der Waals surface area contributed by atoms with E-state index < -0.39 is 0 Å². The number of carbonyl (C=O) groups excluding carboxylic acids is 1. The van der Waals surface area contributed by atoms with Gasteiger partial charge in [-0.3, -0.25) is 4.79 Å². The number of rotatable bonds is 5. The van der Waals surface area contributed by atoms with Gasteiger partial charge >= 0.3 is 0 Å². The van der Waals surface area contributed by atoms with Gasteiger partial charge in [-0.2, -0.15) is 10.1 Å². The lowest BCUT2D eigenvalue weighted by Crippen LogP contribution is -2.22. The Morgan fingerprint density at radius 1 is 1.62 bits per heavy atom. The Bertz CT molecular complexity index is 613. The average Bonchev–Trinajstić information content (AvgIpc) is 2.79. The Morgan fingerprint density at radius 2 is 2.38 bits per heavy atom. The van der Waals surface area contributed by atoms with Crippen molar-refractivity contribution in [2.45, 2.75) is 6.42 Å². The second kappa shape index (κ2) is 6.73. The van der Waals surface area contributed by atoms with Gasteiger partial charge < -0.3 is 9.84 Å². The maximum Gasteiger partial charge on any atom is 0.259 e. The lowest BCUT2D eigenvalue weighted by atomic mass is 10.1. The van der Waals surface area contributed by atoms with E-state index in [1.54, 1.807) is 18.2 Å². The zero-order valence-corrected chi connectivity index (χ0v) is 13.0. The molecular weight excluding hydrogens is 308 g/mol. The minimum absolute atomic E-state index is 0.0814. The minimum atomic E-state index is -0.140. The number of benzene rings is 1. The summed E-state index contributed by atoms with van der Waals surface area (Å²) in [7, 11) is 1.48. The summed E-state index contributed by atoms with van der Waals surface area (Å²) in [6.45, 7) is 3.65. The summed E-state index contributed by atoms with van der Waals surface area (Å²) in [5, 5.41) is 15.3. The molecule has 1 saturated heterocycles. The predicted molar refractivity (Wildman–Crippen MR) is 88.1 cm³/mol. The van der Waals surface area contributed by atoms with Crippen molar-refractivity contribution in [3.8, 4) is 11.5 Å². The summed E-state index contributed by atoms with van der Waals surface area (Å²) in [5.74, 6) is 0.605. The number of hydrogen-bond donors (Lipinski definition) is 1. The highest BCUT2D eigenvalue weighted by Gasteiger charge is 2.26. The summed E-state index contributed by atoms with van der Waals surface area (Å²) in [5.41, 5.74) is 1.38. The summed E-state index contributed by atoms with van der Waals surface area (Å²) < 4.78 is 5.57. The fourth-order valence-electron chi connectivity index (χ4n) is 1.81. The number of carbonyl (C=O) groups is 1. The smallest absolute Gasteiger partial charge is 0.259 e. The molecule has 110 valence electrons. The minimum Gasteiger partial charge on any atom is -0.504 e. The molecule has 1 heterocycles. The quantitative estimate of drug-likeness (QED) is 0.512. The number of thiocarbonyl (C=S) groups is 1. The van der Waals surface area contributed by atoms with Gasteiger partial charge in [0.15, 0.2) is 15.8 Å². The molecule has 7 heteroatoms. The van der Waals surface area contributed by atoms with Crippen LogP contribution in [0, 0.1) is 0 Å². The fraction of sp³-hybridized carbons (Fsp3) is 0.214. The topological polar surface area (TPSA) is 62.1 Å². The second-order valence-corrected chi connectivity index (χ2v) is 5.84. The number of phenolic OH excluding ortho intramolecular Hbond substituents is 1. The number of hydrogen-bond acceptors (Lipinski definition) is 6. The molecule has 0 spiro atoms. The first-order chi connectivity index (χ1) is 10.1. The number of allylic oxidation sites excluding steroid dienone is 1. The maximum atomic E-state index is 11.6. The molecule has 0 aromatic heterocycles. The van der Waals surface area contributed by atoms with Crippen LogP contribution in [0.15, 0.2) is 29.9 Å². The highest BCUT2D eigenvalue weighted by molar-refractivity contribution is 8.23. The van der Waals surface area contributed by atoms with Crippen LogP contribution in [0.5, 0.6) is 11.5 Å². The zero-order valence-electron chi connectivity index (χ0n) is 11.4. The monoisotopic (exact) mass is 322 g/mol. The first kappa shape index (κ1) is 15.5. The largest absolute Gasteiger partial charge is 0.504 e. The molecule has 0 unspecified atom stereocenters. The van der Waals surface area contributed by atoms with Gasteiger partial charge in [-0.25, -0.2) is 0 Å². The molecule has 1 aliphatic heterocycles. The fourth-order valence-corrected chi connectivity index (χ4v) is 2.78. The van der Waals surface area contributed by atoms with Crippen LogP contribution in [-0.2, 0) is 11.2 Å². The van der Waals surface area contributed by atoms with E-state index in [1.165, 1.54) is 30.1 Å². The number of methoxy groups -OCH3 is 1. The molecule has 2 rings (SSSR count). The van der Waals surface area contributed by atoms with Gasteiger partial charge in [-0.1, -0.05) is 30.1 Å². The van der Waals surface area contributed by atoms with Gasteiger partial charge in [0.05, 0.1) is 19.1 Å². The number of ether oxygens (including phenoxy) is 1. The maximum absolute atomic E-state index is 11.6. The molecule has 0 saturated carbocycles. The first-order valence-corrected chi connectivity index (χ1v) is 7.50. The third-order valence-corrected chi connectivity index (χ3v) is 4.15. The first-order valence-electron chi connectivity index (χ1n) is 6.11. The Morgan fingerprint density at radius 3 is 2.95 bits per heavy atom. The number of phenols is 1. The molecule has 0 atom stereocenters. The van der Waals surface area contributed by atoms with E-state index in [0.717, 1.165) is 0 Å². The average molecular weight is 322 g/mol. The number of aromatic hydroxyl groups is 1. The third-order valence-electron chi connectivity index (χ3n) is 2.81. The van der Waals surface area contributed by atoms with Crippen molar-refractivity contribution < 1.29 is 14.6 Å². The summed E-state index contributed by atoms with van der Waals surface area (Å²) >= 11 is 6.33. The Hall–Kier alpha value is -1.86.